The average Bonchev–Trinajstić information content (AvgIpc) is 2.50. The van der Waals surface area contributed by atoms with Gasteiger partial charge in [-0.1, -0.05) is 0 Å². The van der Waals surface area contributed by atoms with Gasteiger partial charge < -0.3 is 10.3 Å². The first kappa shape index (κ1) is 8.74. The lowest BCUT2D eigenvalue weighted by molar-refractivity contribution is 0.628. The van der Waals surface area contributed by atoms with Crippen LogP contribution in [0.5, 0.6) is 0 Å². The van der Waals surface area contributed by atoms with Crippen LogP contribution in [0, 0.1) is 5.82 Å². The number of nitrogen functional groups attached to an aromatic ring is 1. The highest BCUT2D eigenvalue weighted by Gasteiger charge is 2.06. The zero-order valence-corrected chi connectivity index (χ0v) is 7.74. The number of hydrogen-bond donors (Lipinski definition) is 1. The van der Waals surface area contributed by atoms with Crippen LogP contribution in [0.25, 0.3) is 11.3 Å². The molecule has 0 amide bonds. The van der Waals surface area contributed by atoms with Crippen LogP contribution in [-0.2, 0) is 7.05 Å². The van der Waals surface area contributed by atoms with Gasteiger partial charge in [0, 0.05) is 12.6 Å². The number of anilines is 1. The topological polar surface area (TPSA) is 43.8 Å². The number of imidazole rings is 1. The fraction of sp³-hybridized carbons (Fsp3) is 0.100. The largest absolute Gasteiger partial charge is 0.383 e. The first-order chi connectivity index (χ1) is 6.68. The lowest BCUT2D eigenvalue weighted by Gasteiger charge is -1.99. The molecule has 0 radical (unpaired) electrons. The Kier molecular flexibility index (Phi) is 1.96. The molecule has 0 fully saturated rings. The summed E-state index contributed by atoms with van der Waals surface area (Å²) in [7, 11) is 1.81. The van der Waals surface area contributed by atoms with Gasteiger partial charge in [-0.05, 0) is 24.3 Å². The Morgan fingerprint density at radius 1 is 1.29 bits per heavy atom. The Bertz CT molecular complexity index is 445. The molecule has 2 aromatic rings. The van der Waals surface area contributed by atoms with E-state index in [1.807, 2.05) is 7.05 Å². The minimum atomic E-state index is -0.261. The zero-order valence-electron chi connectivity index (χ0n) is 7.74. The normalized spacial score (nSPS) is 10.4. The van der Waals surface area contributed by atoms with Gasteiger partial charge >= 0.3 is 0 Å². The molecule has 0 unspecified atom stereocenters. The van der Waals surface area contributed by atoms with Crippen LogP contribution in [0.1, 0.15) is 0 Å². The van der Waals surface area contributed by atoms with E-state index in [2.05, 4.69) is 4.98 Å². The molecule has 0 saturated heterocycles. The molecule has 3 nitrogen and oxygen atoms in total. The third-order valence-electron chi connectivity index (χ3n) is 2.10. The Morgan fingerprint density at radius 2 is 1.93 bits per heavy atom. The van der Waals surface area contributed by atoms with Crippen LogP contribution in [-0.4, -0.2) is 9.55 Å². The molecule has 0 bridgehead atoms. The van der Waals surface area contributed by atoms with Gasteiger partial charge in [0.2, 0.25) is 0 Å². The van der Waals surface area contributed by atoms with Gasteiger partial charge in [-0.25, -0.2) is 9.37 Å². The fourth-order valence-electron chi connectivity index (χ4n) is 1.27. The summed E-state index contributed by atoms with van der Waals surface area (Å²) in [5, 5.41) is 0. The summed E-state index contributed by atoms with van der Waals surface area (Å²) in [6.07, 6.45) is 1.63. The molecule has 1 aromatic carbocycles. The van der Waals surface area contributed by atoms with E-state index < -0.39 is 0 Å². The first-order valence-electron chi connectivity index (χ1n) is 4.21. The standard InChI is InChI=1S/C10H10FN3/c1-14-6-13-9(10(14)12)7-2-4-8(11)5-3-7/h2-6H,12H2,1H3. The van der Waals surface area contributed by atoms with Crippen molar-refractivity contribution in [3.05, 3.63) is 36.4 Å². The molecule has 0 aliphatic heterocycles. The average molecular weight is 191 g/mol. The summed E-state index contributed by atoms with van der Waals surface area (Å²) in [5.41, 5.74) is 7.29. The molecule has 0 atom stereocenters. The van der Waals surface area contributed by atoms with E-state index in [1.54, 1.807) is 23.0 Å². The van der Waals surface area contributed by atoms with Crippen molar-refractivity contribution in [2.45, 2.75) is 0 Å². The van der Waals surface area contributed by atoms with Gasteiger partial charge in [-0.3, -0.25) is 0 Å². The van der Waals surface area contributed by atoms with Crippen molar-refractivity contribution in [2.75, 3.05) is 5.73 Å². The van der Waals surface area contributed by atoms with E-state index in [-0.39, 0.29) is 5.82 Å². The van der Waals surface area contributed by atoms with Crippen LogP contribution in [0.4, 0.5) is 10.2 Å². The third-order valence-corrected chi connectivity index (χ3v) is 2.10. The molecule has 1 aromatic heterocycles. The number of benzene rings is 1. The van der Waals surface area contributed by atoms with Crippen LogP contribution < -0.4 is 5.73 Å². The number of rotatable bonds is 1. The summed E-state index contributed by atoms with van der Waals surface area (Å²) in [5.74, 6) is 0.319. The van der Waals surface area contributed by atoms with Crippen LogP contribution in [0.3, 0.4) is 0 Å². The van der Waals surface area contributed by atoms with Gasteiger partial charge in [0.25, 0.3) is 0 Å². The lowest BCUT2D eigenvalue weighted by Crippen LogP contribution is -1.95. The van der Waals surface area contributed by atoms with E-state index in [0.717, 1.165) is 5.56 Å². The van der Waals surface area contributed by atoms with Crippen molar-refractivity contribution in [1.82, 2.24) is 9.55 Å². The second-order valence-corrected chi connectivity index (χ2v) is 3.10. The summed E-state index contributed by atoms with van der Waals surface area (Å²) in [4.78, 5) is 4.13. The van der Waals surface area contributed by atoms with Crippen LogP contribution >= 0.6 is 0 Å². The zero-order chi connectivity index (χ0) is 10.1. The molecule has 1 heterocycles. The number of nitrogens with zero attached hydrogens (tertiary/aromatic N) is 2. The summed E-state index contributed by atoms with van der Waals surface area (Å²) in [6.45, 7) is 0. The SMILES string of the molecule is Cn1cnc(-c2ccc(F)cc2)c1N. The highest BCUT2D eigenvalue weighted by atomic mass is 19.1. The van der Waals surface area contributed by atoms with Gasteiger partial charge in [-0.15, -0.1) is 0 Å². The Morgan fingerprint density at radius 3 is 2.43 bits per heavy atom. The molecule has 2 rings (SSSR count). The molecule has 0 spiro atoms. The molecule has 0 aliphatic carbocycles. The number of hydrogen-bond acceptors (Lipinski definition) is 2. The molecule has 0 aliphatic rings. The third kappa shape index (κ3) is 1.35. The molecule has 72 valence electrons. The fourth-order valence-corrected chi connectivity index (χ4v) is 1.27. The van der Waals surface area contributed by atoms with Crippen molar-refractivity contribution in [3.63, 3.8) is 0 Å². The van der Waals surface area contributed by atoms with E-state index in [9.17, 15) is 4.39 Å². The van der Waals surface area contributed by atoms with Crippen LogP contribution in [0.15, 0.2) is 30.6 Å². The van der Waals surface area contributed by atoms with Gasteiger partial charge in [0.05, 0.1) is 6.33 Å². The number of aromatic nitrogens is 2. The van der Waals surface area contributed by atoms with Crippen molar-refractivity contribution in [2.24, 2.45) is 7.05 Å². The minimum Gasteiger partial charge on any atom is -0.383 e. The lowest BCUT2D eigenvalue weighted by atomic mass is 10.1. The number of halogens is 1. The summed E-state index contributed by atoms with van der Waals surface area (Å²) in [6, 6.07) is 6.11. The van der Waals surface area contributed by atoms with E-state index >= 15 is 0 Å². The Balaban J connectivity index is 2.49. The highest BCUT2D eigenvalue weighted by Crippen LogP contribution is 2.23. The molecule has 4 heteroatoms. The number of nitrogens with two attached hydrogens (primary N) is 1. The van der Waals surface area contributed by atoms with Crippen LogP contribution in [0.2, 0.25) is 0 Å². The second kappa shape index (κ2) is 3.14. The van der Waals surface area contributed by atoms with E-state index in [0.29, 0.717) is 11.5 Å². The minimum absolute atomic E-state index is 0.261. The van der Waals surface area contributed by atoms with Gasteiger partial charge in [-0.2, -0.15) is 0 Å². The van der Waals surface area contributed by atoms with Crippen molar-refractivity contribution < 1.29 is 4.39 Å². The van der Waals surface area contributed by atoms with Crippen molar-refractivity contribution >= 4 is 5.82 Å². The molecule has 2 N–H and O–H groups in total. The quantitative estimate of drug-likeness (QED) is 0.747. The van der Waals surface area contributed by atoms with Gasteiger partial charge in [0.15, 0.2) is 0 Å². The maximum Gasteiger partial charge on any atom is 0.131 e. The maximum atomic E-state index is 12.7. The first-order valence-corrected chi connectivity index (χ1v) is 4.21. The Hall–Kier alpha value is -1.84. The highest BCUT2D eigenvalue weighted by molar-refractivity contribution is 5.70. The summed E-state index contributed by atoms with van der Waals surface area (Å²) < 4.78 is 14.4. The predicted octanol–water partition coefficient (Wildman–Crippen LogP) is 1.81. The summed E-state index contributed by atoms with van der Waals surface area (Å²) >= 11 is 0. The molecular formula is C10H10FN3. The Labute approximate surface area is 81.0 Å². The van der Waals surface area contributed by atoms with Crippen molar-refractivity contribution in [3.8, 4) is 11.3 Å². The maximum absolute atomic E-state index is 12.7. The molecular weight excluding hydrogens is 181 g/mol. The van der Waals surface area contributed by atoms with E-state index in [4.69, 9.17) is 5.73 Å². The van der Waals surface area contributed by atoms with Crippen molar-refractivity contribution in [1.29, 1.82) is 0 Å². The monoisotopic (exact) mass is 191 g/mol. The molecule has 14 heavy (non-hydrogen) atoms. The molecule has 0 saturated carbocycles. The smallest absolute Gasteiger partial charge is 0.131 e. The predicted molar refractivity (Wildman–Crippen MR) is 53.0 cm³/mol. The van der Waals surface area contributed by atoms with Gasteiger partial charge in [0.1, 0.15) is 17.3 Å². The second-order valence-electron chi connectivity index (χ2n) is 3.10. The number of aryl methyl sites for hydroxylation is 1. The van der Waals surface area contributed by atoms with E-state index in [1.165, 1.54) is 12.1 Å².